The van der Waals surface area contributed by atoms with Crippen molar-refractivity contribution in [2.45, 2.75) is 50.9 Å². The van der Waals surface area contributed by atoms with Crippen LogP contribution in [0.5, 0.6) is 0 Å². The fourth-order valence-corrected chi connectivity index (χ4v) is 5.14. The number of benzene rings is 2. The van der Waals surface area contributed by atoms with Gasteiger partial charge in [-0.15, -0.1) is 0 Å². The molecule has 0 radical (unpaired) electrons. The standard InChI is InChI=1S/C24H28N2O7S/c1-15-13-26(14-16(2)32-15)34(30,31)22-11-7-20(8-12-22)24(29)33-18(4)23(28)25-21-9-5-19(6-10-21)17(3)27/h5-12,15-16,18H,13-14H2,1-4H3,(H,25,28)/t15-,16+,18-/m1/s1. The van der Waals surface area contributed by atoms with Crippen LogP contribution in [0.1, 0.15) is 48.4 Å². The highest BCUT2D eigenvalue weighted by atomic mass is 32.2. The fourth-order valence-electron chi connectivity index (χ4n) is 3.55. The Bertz CT molecular complexity index is 1150. The van der Waals surface area contributed by atoms with E-state index in [4.69, 9.17) is 9.47 Å². The van der Waals surface area contributed by atoms with Gasteiger partial charge in [-0.3, -0.25) is 9.59 Å². The first-order valence-corrected chi connectivity index (χ1v) is 12.3. The predicted molar refractivity (Wildman–Crippen MR) is 125 cm³/mol. The molecule has 3 atom stereocenters. The number of hydrogen-bond donors (Lipinski definition) is 1. The molecule has 0 bridgehead atoms. The average Bonchev–Trinajstić information content (AvgIpc) is 2.78. The zero-order valence-electron chi connectivity index (χ0n) is 19.5. The van der Waals surface area contributed by atoms with Gasteiger partial charge in [0.1, 0.15) is 0 Å². The number of ketones is 1. The van der Waals surface area contributed by atoms with Crippen LogP contribution in [0.4, 0.5) is 5.69 Å². The van der Waals surface area contributed by atoms with Gasteiger partial charge in [-0.1, -0.05) is 0 Å². The number of rotatable bonds is 7. The average molecular weight is 489 g/mol. The van der Waals surface area contributed by atoms with Crippen LogP contribution in [0.15, 0.2) is 53.4 Å². The molecule has 10 heteroatoms. The molecule has 0 aliphatic carbocycles. The lowest BCUT2D eigenvalue weighted by atomic mass is 10.1. The normalized spacial score (nSPS) is 19.8. The number of nitrogens with zero attached hydrogens (tertiary/aromatic N) is 1. The fraction of sp³-hybridized carbons (Fsp3) is 0.375. The summed E-state index contributed by atoms with van der Waals surface area (Å²) in [4.78, 5) is 36.2. The van der Waals surface area contributed by atoms with E-state index in [2.05, 4.69) is 5.32 Å². The number of anilines is 1. The van der Waals surface area contributed by atoms with Crippen molar-refractivity contribution in [1.29, 1.82) is 0 Å². The van der Waals surface area contributed by atoms with Crippen molar-refractivity contribution < 1.29 is 32.3 Å². The van der Waals surface area contributed by atoms with E-state index >= 15 is 0 Å². The maximum atomic E-state index is 12.9. The molecule has 1 aliphatic heterocycles. The first-order chi connectivity index (χ1) is 16.0. The molecule has 1 N–H and O–H groups in total. The summed E-state index contributed by atoms with van der Waals surface area (Å²) in [6.07, 6.45) is -1.53. The summed E-state index contributed by atoms with van der Waals surface area (Å²) < 4.78 is 38.1. The Kier molecular flexibility index (Phi) is 7.86. The maximum absolute atomic E-state index is 12.9. The minimum atomic E-state index is -3.73. The summed E-state index contributed by atoms with van der Waals surface area (Å²) in [5.41, 5.74) is 1.09. The van der Waals surface area contributed by atoms with Crippen LogP contribution in [0, 0.1) is 0 Å². The highest BCUT2D eigenvalue weighted by molar-refractivity contribution is 7.89. The number of carbonyl (C=O) groups is 3. The Labute approximate surface area is 199 Å². The molecule has 1 amide bonds. The molecule has 0 aromatic heterocycles. The third kappa shape index (κ3) is 6.07. The van der Waals surface area contributed by atoms with Crippen LogP contribution in [0.3, 0.4) is 0 Å². The van der Waals surface area contributed by atoms with Crippen molar-refractivity contribution in [1.82, 2.24) is 4.31 Å². The van der Waals surface area contributed by atoms with Crippen molar-refractivity contribution >= 4 is 33.4 Å². The van der Waals surface area contributed by atoms with Gasteiger partial charge in [-0.05, 0) is 76.2 Å². The number of carbonyl (C=O) groups excluding carboxylic acids is 3. The van der Waals surface area contributed by atoms with E-state index in [-0.39, 0.29) is 41.5 Å². The SMILES string of the molecule is CC(=O)c1ccc(NC(=O)[C@@H](C)OC(=O)c2ccc(S(=O)(=O)N3C[C@@H](C)O[C@@H](C)C3)cc2)cc1. The van der Waals surface area contributed by atoms with Gasteiger partial charge in [0.2, 0.25) is 10.0 Å². The van der Waals surface area contributed by atoms with Crippen molar-refractivity contribution in [3.63, 3.8) is 0 Å². The molecule has 0 saturated carbocycles. The summed E-state index contributed by atoms with van der Waals surface area (Å²) in [5, 5.41) is 2.61. The Morgan fingerprint density at radius 3 is 2.03 bits per heavy atom. The molecule has 2 aromatic carbocycles. The molecule has 9 nitrogen and oxygen atoms in total. The van der Waals surface area contributed by atoms with Gasteiger partial charge in [0.05, 0.1) is 22.7 Å². The van der Waals surface area contributed by atoms with E-state index in [9.17, 15) is 22.8 Å². The first kappa shape index (κ1) is 25.5. The molecule has 0 unspecified atom stereocenters. The molecule has 34 heavy (non-hydrogen) atoms. The molecule has 182 valence electrons. The lowest BCUT2D eigenvalue weighted by molar-refractivity contribution is -0.123. The Morgan fingerprint density at radius 2 is 1.50 bits per heavy atom. The second-order valence-electron chi connectivity index (χ2n) is 8.27. The minimum Gasteiger partial charge on any atom is -0.449 e. The lowest BCUT2D eigenvalue weighted by Gasteiger charge is -2.34. The van der Waals surface area contributed by atoms with E-state index in [1.54, 1.807) is 24.3 Å². The van der Waals surface area contributed by atoms with E-state index in [1.807, 2.05) is 13.8 Å². The number of sulfonamides is 1. The summed E-state index contributed by atoms with van der Waals surface area (Å²) >= 11 is 0. The Balaban J connectivity index is 1.61. The molecule has 1 fully saturated rings. The second kappa shape index (κ2) is 10.5. The number of esters is 1. The van der Waals surface area contributed by atoms with E-state index < -0.39 is 28.0 Å². The van der Waals surface area contributed by atoms with Gasteiger partial charge in [0.25, 0.3) is 5.91 Å². The smallest absolute Gasteiger partial charge is 0.338 e. The van der Waals surface area contributed by atoms with Crippen molar-refractivity contribution in [3.05, 3.63) is 59.7 Å². The van der Waals surface area contributed by atoms with Crippen molar-refractivity contribution in [3.8, 4) is 0 Å². The first-order valence-electron chi connectivity index (χ1n) is 10.9. The van der Waals surface area contributed by atoms with Crippen molar-refractivity contribution in [2.24, 2.45) is 0 Å². The van der Waals surface area contributed by atoms with Crippen molar-refractivity contribution in [2.75, 3.05) is 18.4 Å². The van der Waals surface area contributed by atoms with Crippen LogP contribution in [0.25, 0.3) is 0 Å². The third-order valence-electron chi connectivity index (χ3n) is 5.33. The molecule has 2 aromatic rings. The lowest BCUT2D eigenvalue weighted by Crippen LogP contribution is -2.48. The zero-order valence-corrected chi connectivity index (χ0v) is 20.3. The molecule has 0 spiro atoms. The van der Waals surface area contributed by atoms with Crippen LogP contribution in [-0.2, 0) is 24.3 Å². The number of hydrogen-bond acceptors (Lipinski definition) is 7. The molecule has 1 heterocycles. The summed E-state index contributed by atoms with van der Waals surface area (Å²) in [7, 11) is -3.73. The predicted octanol–water partition coefficient (Wildman–Crippen LogP) is 2.87. The highest BCUT2D eigenvalue weighted by Gasteiger charge is 2.32. The van der Waals surface area contributed by atoms with E-state index in [1.165, 1.54) is 42.4 Å². The summed E-state index contributed by atoms with van der Waals surface area (Å²) in [6.45, 7) is 7.00. The number of Topliss-reactive ketones (excluding diaryl/α,β-unsaturated/α-hetero) is 1. The summed E-state index contributed by atoms with van der Waals surface area (Å²) in [5.74, 6) is -1.39. The van der Waals surface area contributed by atoms with Crippen LogP contribution in [0.2, 0.25) is 0 Å². The van der Waals surface area contributed by atoms with Gasteiger partial charge in [0.15, 0.2) is 11.9 Å². The topological polar surface area (TPSA) is 119 Å². The zero-order chi connectivity index (χ0) is 25.0. The highest BCUT2D eigenvalue weighted by Crippen LogP contribution is 2.22. The number of amides is 1. The molecule has 1 aliphatic rings. The van der Waals surface area contributed by atoms with Crippen LogP contribution >= 0.6 is 0 Å². The van der Waals surface area contributed by atoms with Gasteiger partial charge < -0.3 is 14.8 Å². The van der Waals surface area contributed by atoms with Gasteiger partial charge >= 0.3 is 5.97 Å². The van der Waals surface area contributed by atoms with Crippen LogP contribution < -0.4 is 5.32 Å². The maximum Gasteiger partial charge on any atom is 0.338 e. The third-order valence-corrected chi connectivity index (χ3v) is 7.17. The van der Waals surface area contributed by atoms with Gasteiger partial charge in [-0.2, -0.15) is 4.31 Å². The number of nitrogens with one attached hydrogen (secondary N) is 1. The minimum absolute atomic E-state index is 0.0603. The quantitative estimate of drug-likeness (QED) is 0.470. The largest absolute Gasteiger partial charge is 0.449 e. The molecular weight excluding hydrogens is 460 g/mol. The molecule has 3 rings (SSSR count). The second-order valence-corrected chi connectivity index (χ2v) is 10.2. The number of ether oxygens (including phenoxy) is 2. The van der Waals surface area contributed by atoms with Gasteiger partial charge in [-0.25, -0.2) is 13.2 Å². The van der Waals surface area contributed by atoms with E-state index in [0.717, 1.165) is 0 Å². The Morgan fingerprint density at radius 1 is 0.971 bits per heavy atom. The van der Waals surface area contributed by atoms with Gasteiger partial charge in [0, 0.05) is 24.3 Å². The Hall–Kier alpha value is -3.08. The molecule has 1 saturated heterocycles. The molecular formula is C24H28N2O7S. The van der Waals surface area contributed by atoms with Crippen LogP contribution in [-0.4, -0.2) is 61.8 Å². The summed E-state index contributed by atoms with van der Waals surface area (Å²) in [6, 6.07) is 11.7. The van der Waals surface area contributed by atoms with E-state index in [0.29, 0.717) is 11.3 Å². The number of morpholine rings is 1. The monoisotopic (exact) mass is 488 g/mol.